The van der Waals surface area contributed by atoms with E-state index in [4.69, 9.17) is 0 Å². The molecule has 2 aliphatic carbocycles. The molecule has 218 valence electrons. The summed E-state index contributed by atoms with van der Waals surface area (Å²) in [6.07, 6.45) is 1.28. The summed E-state index contributed by atoms with van der Waals surface area (Å²) < 4.78 is 68.2. The Morgan fingerprint density at radius 1 is 1.07 bits per heavy atom. The highest BCUT2D eigenvalue weighted by molar-refractivity contribution is 7.92. The van der Waals surface area contributed by atoms with Crippen molar-refractivity contribution in [2.45, 2.75) is 74.3 Å². The molecular formula is C28H36F3N5O3S. The smallest absolute Gasteiger partial charge is 0.391 e. The molecule has 12 heteroatoms. The van der Waals surface area contributed by atoms with Crippen LogP contribution < -0.4 is 10.2 Å². The number of likely N-dealkylation sites (tertiary alicyclic amines) is 1. The number of aliphatic hydroxyl groups is 1. The van der Waals surface area contributed by atoms with Crippen molar-refractivity contribution >= 4 is 27.3 Å². The molecular weight excluding hydrogens is 543 g/mol. The second kappa shape index (κ2) is 9.55. The highest BCUT2D eigenvalue weighted by Gasteiger charge is 2.52. The minimum atomic E-state index is -4.65. The lowest BCUT2D eigenvalue weighted by molar-refractivity contribution is -0.137. The number of hydrogen-bond donors (Lipinski definition) is 2. The van der Waals surface area contributed by atoms with Crippen LogP contribution in [0.2, 0.25) is 0 Å². The van der Waals surface area contributed by atoms with Crippen LogP contribution in [0.3, 0.4) is 0 Å². The Labute approximate surface area is 232 Å². The fourth-order valence-corrected chi connectivity index (χ4v) is 8.85. The lowest BCUT2D eigenvalue weighted by Crippen LogP contribution is -2.50. The second-order valence-electron chi connectivity index (χ2n) is 12.5. The Kier molecular flexibility index (Phi) is 6.62. The summed E-state index contributed by atoms with van der Waals surface area (Å²) in [7, 11) is -1.39. The van der Waals surface area contributed by atoms with Crippen LogP contribution in [0.15, 0.2) is 29.3 Å². The minimum Gasteiger partial charge on any atom is -0.391 e. The van der Waals surface area contributed by atoms with E-state index in [2.05, 4.69) is 27.2 Å². The molecule has 8 nitrogen and oxygen atoms in total. The van der Waals surface area contributed by atoms with Gasteiger partial charge < -0.3 is 20.2 Å². The van der Waals surface area contributed by atoms with Crippen molar-refractivity contribution in [2.75, 3.05) is 43.4 Å². The third-order valence-corrected chi connectivity index (χ3v) is 11.9. The van der Waals surface area contributed by atoms with Gasteiger partial charge in [0.1, 0.15) is 11.4 Å². The SMILES string of the molecule is Cc1cc(S(=O)(=O)C2CC3(CCN(C)CC3)C2)ccc1Nc1ncc(C(F)(F)F)c(N2CCC3(CC3)C(O)C2)n1. The van der Waals surface area contributed by atoms with Crippen LogP contribution in [-0.4, -0.2) is 73.0 Å². The van der Waals surface area contributed by atoms with Gasteiger partial charge >= 0.3 is 6.18 Å². The zero-order valence-electron chi connectivity index (χ0n) is 22.8. The fraction of sp³-hybridized carbons (Fsp3) is 0.643. The number of piperidine rings is 2. The Hall–Kier alpha value is -2.44. The molecule has 3 heterocycles. The predicted octanol–water partition coefficient (Wildman–Crippen LogP) is 4.55. The van der Waals surface area contributed by atoms with Gasteiger partial charge in [0.15, 0.2) is 9.84 Å². The quantitative estimate of drug-likeness (QED) is 0.533. The first kappa shape index (κ1) is 27.7. The predicted molar refractivity (Wildman–Crippen MR) is 145 cm³/mol. The number of benzene rings is 1. The normalized spacial score (nSPS) is 24.8. The van der Waals surface area contributed by atoms with Gasteiger partial charge in [-0.25, -0.2) is 13.4 Å². The van der Waals surface area contributed by atoms with Crippen LogP contribution in [0.1, 0.15) is 56.1 Å². The number of β-amino-alcohol motifs (C(OH)–C–C–N with tert-alkyl or cyclic N) is 1. The summed E-state index contributed by atoms with van der Waals surface area (Å²) in [4.78, 5) is 12.2. The molecule has 0 radical (unpaired) electrons. The fourth-order valence-electron chi connectivity index (χ4n) is 6.72. The molecule has 1 aromatic heterocycles. The number of aromatic nitrogens is 2. The number of hydrogen-bond acceptors (Lipinski definition) is 8. The summed E-state index contributed by atoms with van der Waals surface area (Å²) in [5.74, 6) is -0.282. The maximum absolute atomic E-state index is 13.8. The topological polar surface area (TPSA) is 98.7 Å². The molecule has 2 saturated carbocycles. The van der Waals surface area contributed by atoms with Gasteiger partial charge in [-0.05, 0) is 107 Å². The van der Waals surface area contributed by atoms with E-state index >= 15 is 0 Å². The van der Waals surface area contributed by atoms with Gasteiger partial charge in [-0.15, -0.1) is 0 Å². The second-order valence-corrected chi connectivity index (χ2v) is 14.7. The van der Waals surface area contributed by atoms with Crippen molar-refractivity contribution in [3.63, 3.8) is 0 Å². The van der Waals surface area contributed by atoms with Gasteiger partial charge in [-0.2, -0.15) is 18.2 Å². The van der Waals surface area contributed by atoms with Gasteiger partial charge in [0.25, 0.3) is 0 Å². The molecule has 2 N–H and O–H groups in total. The van der Waals surface area contributed by atoms with Crippen molar-refractivity contribution in [1.29, 1.82) is 0 Å². The highest BCUT2D eigenvalue weighted by Crippen LogP contribution is 2.55. The van der Waals surface area contributed by atoms with Gasteiger partial charge in [0.2, 0.25) is 5.95 Å². The summed E-state index contributed by atoms with van der Waals surface area (Å²) in [6, 6.07) is 4.78. The van der Waals surface area contributed by atoms with E-state index in [1.807, 2.05) is 0 Å². The number of sulfone groups is 1. The van der Waals surface area contributed by atoms with Crippen molar-refractivity contribution < 1.29 is 26.7 Å². The minimum absolute atomic E-state index is 0.0221. The summed E-state index contributed by atoms with van der Waals surface area (Å²) in [5, 5.41) is 13.2. The number of aliphatic hydroxyl groups excluding tert-OH is 1. The van der Waals surface area contributed by atoms with Crippen LogP contribution in [0, 0.1) is 17.8 Å². The average Bonchev–Trinajstić information content (AvgIpc) is 3.66. The molecule has 6 rings (SSSR count). The largest absolute Gasteiger partial charge is 0.421 e. The maximum atomic E-state index is 13.8. The molecule has 40 heavy (non-hydrogen) atoms. The average molecular weight is 580 g/mol. The monoisotopic (exact) mass is 579 g/mol. The Morgan fingerprint density at radius 2 is 1.77 bits per heavy atom. The molecule has 1 unspecified atom stereocenters. The molecule has 4 aliphatic rings. The molecule has 0 bridgehead atoms. The Balaban J connectivity index is 1.19. The van der Waals surface area contributed by atoms with Gasteiger partial charge in [0.05, 0.1) is 16.2 Å². The third-order valence-electron chi connectivity index (χ3n) is 9.83. The first-order valence-corrected chi connectivity index (χ1v) is 15.5. The summed E-state index contributed by atoms with van der Waals surface area (Å²) >= 11 is 0. The van der Waals surface area contributed by atoms with Crippen LogP contribution in [0.4, 0.5) is 30.6 Å². The third kappa shape index (κ3) is 4.96. The van der Waals surface area contributed by atoms with Crippen molar-refractivity contribution in [2.24, 2.45) is 10.8 Å². The number of alkyl halides is 3. The molecule has 2 aliphatic heterocycles. The van der Waals surface area contributed by atoms with E-state index in [9.17, 15) is 26.7 Å². The molecule has 4 fully saturated rings. The highest BCUT2D eigenvalue weighted by atomic mass is 32.2. The molecule has 1 aromatic carbocycles. The summed E-state index contributed by atoms with van der Waals surface area (Å²) in [6.45, 7) is 4.21. The molecule has 2 aromatic rings. The number of rotatable bonds is 5. The lowest BCUT2D eigenvalue weighted by atomic mass is 9.63. The van der Waals surface area contributed by atoms with Crippen molar-refractivity contribution in [1.82, 2.24) is 14.9 Å². The van der Waals surface area contributed by atoms with E-state index < -0.39 is 27.7 Å². The van der Waals surface area contributed by atoms with Crippen molar-refractivity contribution in [3.05, 3.63) is 35.5 Å². The van der Waals surface area contributed by atoms with Crippen molar-refractivity contribution in [3.8, 4) is 0 Å². The lowest BCUT2D eigenvalue weighted by Gasteiger charge is -2.51. The Bertz CT molecular complexity index is 1400. The van der Waals surface area contributed by atoms with E-state index in [0.717, 1.165) is 45.0 Å². The first-order chi connectivity index (χ1) is 18.8. The Morgan fingerprint density at radius 3 is 2.38 bits per heavy atom. The van der Waals surface area contributed by atoms with E-state index in [-0.39, 0.29) is 39.3 Å². The van der Waals surface area contributed by atoms with Gasteiger partial charge in [-0.3, -0.25) is 0 Å². The zero-order valence-corrected chi connectivity index (χ0v) is 23.7. The van der Waals surface area contributed by atoms with E-state index in [0.29, 0.717) is 37.1 Å². The number of nitrogens with zero attached hydrogens (tertiary/aromatic N) is 4. The van der Waals surface area contributed by atoms with Crippen LogP contribution in [-0.2, 0) is 16.0 Å². The molecule has 0 amide bonds. The van der Waals surface area contributed by atoms with Crippen LogP contribution in [0.5, 0.6) is 0 Å². The van der Waals surface area contributed by atoms with Crippen LogP contribution >= 0.6 is 0 Å². The van der Waals surface area contributed by atoms with Gasteiger partial charge in [-0.1, -0.05) is 0 Å². The summed E-state index contributed by atoms with van der Waals surface area (Å²) in [5.41, 5.74) is 0.180. The molecule has 2 saturated heterocycles. The number of halogens is 3. The number of nitrogens with one attached hydrogen (secondary N) is 1. The number of aryl methyl sites for hydroxylation is 1. The van der Waals surface area contributed by atoms with Gasteiger partial charge in [0, 0.05) is 25.0 Å². The molecule has 1 atom stereocenters. The van der Waals surface area contributed by atoms with E-state index in [1.165, 1.54) is 4.90 Å². The molecule has 2 spiro atoms. The van der Waals surface area contributed by atoms with E-state index in [1.54, 1.807) is 25.1 Å². The zero-order chi connectivity index (χ0) is 28.5. The standard InChI is InChI=1S/C28H36F3N5O3S/c1-18-13-19(40(38,39)20-14-26(15-20)7-10-35(2)11-8-26)3-4-22(18)33-25-32-16-21(28(29,30)31)24(34-25)36-12-9-27(5-6-27)23(37)17-36/h3-4,13,16,20,23,37H,5-12,14-15,17H2,1-2H3,(H,32,33,34). The first-order valence-electron chi connectivity index (χ1n) is 14.0. The maximum Gasteiger partial charge on any atom is 0.421 e. The number of anilines is 3. The van der Waals surface area contributed by atoms with Crippen LogP contribution in [0.25, 0.3) is 0 Å².